The van der Waals surface area contributed by atoms with Crippen LogP contribution in [0.25, 0.3) is 0 Å². The molecule has 0 bridgehead atoms. The highest BCUT2D eigenvalue weighted by molar-refractivity contribution is 7.99. The molecule has 2 N–H and O–H groups in total. The molecule has 1 aliphatic rings. The molecule has 0 saturated carbocycles. The van der Waals surface area contributed by atoms with Gasteiger partial charge >= 0.3 is 0 Å². The van der Waals surface area contributed by atoms with Crippen molar-refractivity contribution in [1.29, 1.82) is 0 Å². The monoisotopic (exact) mass is 224 g/mol. The lowest BCUT2D eigenvalue weighted by Crippen LogP contribution is -1.98. The molecule has 15 heavy (non-hydrogen) atoms. The molecule has 1 fully saturated rings. The van der Waals surface area contributed by atoms with Gasteiger partial charge in [-0.05, 0) is 30.2 Å². The van der Waals surface area contributed by atoms with Crippen molar-refractivity contribution in [3.63, 3.8) is 0 Å². The molecule has 0 aromatic heterocycles. The third-order valence-electron chi connectivity index (χ3n) is 2.55. The average Bonchev–Trinajstić information content (AvgIpc) is 2.69. The number of rotatable bonds is 2. The molecule has 1 heterocycles. The average molecular weight is 224 g/mol. The third kappa shape index (κ3) is 2.07. The lowest BCUT2D eigenvalue weighted by molar-refractivity contribution is -0.383. The zero-order chi connectivity index (χ0) is 10.8. The summed E-state index contributed by atoms with van der Waals surface area (Å²) in [6, 6.07) is 5.06. The van der Waals surface area contributed by atoms with E-state index >= 15 is 0 Å². The van der Waals surface area contributed by atoms with Crippen LogP contribution in [0.4, 0.5) is 11.4 Å². The van der Waals surface area contributed by atoms with Gasteiger partial charge in [0, 0.05) is 11.3 Å². The second-order valence-corrected chi connectivity index (χ2v) is 4.89. The highest BCUT2D eigenvalue weighted by atomic mass is 32.2. The van der Waals surface area contributed by atoms with Gasteiger partial charge in [-0.1, -0.05) is 6.07 Å². The highest BCUT2D eigenvalue weighted by Gasteiger charge is 2.20. The normalized spacial score (nSPS) is 20.4. The number of nitrogens with two attached hydrogens (primary N) is 1. The Morgan fingerprint density at radius 1 is 1.53 bits per heavy atom. The standard InChI is InChI=1S/C10H12N2O2S/c11-8-6-7(10-2-1-5-15-10)3-4-9(8)12(13)14/h3-4,6,10H,1-2,5,11H2. The van der Waals surface area contributed by atoms with Crippen LogP contribution in [0.1, 0.15) is 23.7 Å². The second kappa shape index (κ2) is 4.10. The van der Waals surface area contributed by atoms with Crippen LogP contribution in [0.5, 0.6) is 0 Å². The molecule has 1 aliphatic heterocycles. The van der Waals surface area contributed by atoms with Gasteiger partial charge in [0.1, 0.15) is 5.69 Å². The first-order chi connectivity index (χ1) is 7.18. The van der Waals surface area contributed by atoms with Crippen molar-refractivity contribution in [1.82, 2.24) is 0 Å². The molecule has 0 radical (unpaired) electrons. The zero-order valence-corrected chi connectivity index (χ0v) is 9.00. The van der Waals surface area contributed by atoms with Gasteiger partial charge in [-0.25, -0.2) is 0 Å². The molecule has 5 heteroatoms. The van der Waals surface area contributed by atoms with E-state index in [-0.39, 0.29) is 11.4 Å². The number of anilines is 1. The van der Waals surface area contributed by atoms with Crippen molar-refractivity contribution in [2.45, 2.75) is 18.1 Å². The number of nitro groups is 1. The quantitative estimate of drug-likeness (QED) is 0.476. The van der Waals surface area contributed by atoms with Crippen molar-refractivity contribution in [2.75, 3.05) is 11.5 Å². The van der Waals surface area contributed by atoms with Gasteiger partial charge < -0.3 is 5.73 Å². The van der Waals surface area contributed by atoms with Crippen LogP contribution >= 0.6 is 11.8 Å². The van der Waals surface area contributed by atoms with Crippen LogP contribution in [0.3, 0.4) is 0 Å². The largest absolute Gasteiger partial charge is 0.393 e. The summed E-state index contributed by atoms with van der Waals surface area (Å²) in [4.78, 5) is 10.1. The molecule has 1 unspecified atom stereocenters. The predicted octanol–water partition coefficient (Wildman–Crippen LogP) is 2.75. The fraction of sp³-hybridized carbons (Fsp3) is 0.400. The molecule has 1 aromatic rings. The Kier molecular flexibility index (Phi) is 2.81. The van der Waals surface area contributed by atoms with Gasteiger partial charge in [0.2, 0.25) is 0 Å². The first kappa shape index (κ1) is 10.3. The molecular formula is C10H12N2O2S. The smallest absolute Gasteiger partial charge is 0.292 e. The molecule has 2 rings (SSSR count). The van der Waals surface area contributed by atoms with E-state index in [0.29, 0.717) is 5.25 Å². The minimum Gasteiger partial charge on any atom is -0.393 e. The summed E-state index contributed by atoms with van der Waals surface area (Å²) < 4.78 is 0. The van der Waals surface area contributed by atoms with Crippen LogP contribution in [-0.2, 0) is 0 Å². The van der Waals surface area contributed by atoms with Gasteiger partial charge in [0.05, 0.1) is 4.92 Å². The summed E-state index contributed by atoms with van der Waals surface area (Å²) in [6.07, 6.45) is 2.36. The molecular weight excluding hydrogens is 212 g/mol. The van der Waals surface area contributed by atoms with Crippen LogP contribution in [0, 0.1) is 10.1 Å². The maximum absolute atomic E-state index is 10.6. The molecule has 0 aliphatic carbocycles. The SMILES string of the molecule is Nc1cc(C2CCCS2)ccc1[N+](=O)[O-]. The summed E-state index contributed by atoms with van der Waals surface area (Å²) >= 11 is 1.89. The van der Waals surface area contributed by atoms with E-state index < -0.39 is 4.92 Å². The van der Waals surface area contributed by atoms with Crippen molar-refractivity contribution >= 4 is 23.1 Å². The van der Waals surface area contributed by atoms with E-state index in [4.69, 9.17) is 5.73 Å². The van der Waals surface area contributed by atoms with Gasteiger partial charge in [0.15, 0.2) is 0 Å². The molecule has 4 nitrogen and oxygen atoms in total. The first-order valence-corrected chi connectivity index (χ1v) is 5.89. The number of hydrogen-bond donors (Lipinski definition) is 1. The van der Waals surface area contributed by atoms with Gasteiger partial charge in [-0.2, -0.15) is 11.8 Å². The summed E-state index contributed by atoms with van der Waals surface area (Å²) in [6.45, 7) is 0. The topological polar surface area (TPSA) is 69.2 Å². The van der Waals surface area contributed by atoms with Crippen LogP contribution in [-0.4, -0.2) is 10.7 Å². The zero-order valence-electron chi connectivity index (χ0n) is 8.18. The maximum Gasteiger partial charge on any atom is 0.292 e. The van der Waals surface area contributed by atoms with Crippen molar-refractivity contribution in [3.05, 3.63) is 33.9 Å². The Labute approximate surface area is 92.0 Å². The Hall–Kier alpha value is -1.23. The number of thioether (sulfide) groups is 1. The van der Waals surface area contributed by atoms with Gasteiger partial charge in [0.25, 0.3) is 5.69 Å². The van der Waals surface area contributed by atoms with E-state index in [2.05, 4.69) is 0 Å². The number of nitro benzene ring substituents is 1. The summed E-state index contributed by atoms with van der Waals surface area (Å²) in [5, 5.41) is 11.0. The van der Waals surface area contributed by atoms with Crippen LogP contribution < -0.4 is 5.73 Å². The fourth-order valence-corrected chi connectivity index (χ4v) is 3.07. The number of hydrogen-bond acceptors (Lipinski definition) is 4. The Morgan fingerprint density at radius 3 is 2.87 bits per heavy atom. The third-order valence-corrected chi connectivity index (χ3v) is 3.98. The number of nitrogens with zero attached hydrogens (tertiary/aromatic N) is 1. The molecule has 80 valence electrons. The lowest BCUT2D eigenvalue weighted by atomic mass is 10.1. The van der Waals surface area contributed by atoms with Crippen molar-refractivity contribution in [3.8, 4) is 0 Å². The Bertz CT molecular complexity index is 389. The first-order valence-electron chi connectivity index (χ1n) is 4.84. The van der Waals surface area contributed by atoms with Crippen LogP contribution in [0.2, 0.25) is 0 Å². The fourth-order valence-electron chi connectivity index (χ4n) is 1.78. The summed E-state index contributed by atoms with van der Waals surface area (Å²) in [5.41, 5.74) is 7.02. The minimum atomic E-state index is -0.444. The molecule has 0 amide bonds. The van der Waals surface area contributed by atoms with Gasteiger partial charge in [-0.3, -0.25) is 10.1 Å². The predicted molar refractivity (Wildman–Crippen MR) is 61.9 cm³/mol. The summed E-state index contributed by atoms with van der Waals surface area (Å²) in [7, 11) is 0. The van der Waals surface area contributed by atoms with E-state index in [9.17, 15) is 10.1 Å². The molecule has 1 aromatic carbocycles. The molecule has 1 atom stereocenters. The highest BCUT2D eigenvalue weighted by Crippen LogP contribution is 2.41. The Morgan fingerprint density at radius 2 is 2.33 bits per heavy atom. The van der Waals surface area contributed by atoms with E-state index in [1.54, 1.807) is 6.07 Å². The van der Waals surface area contributed by atoms with Crippen molar-refractivity contribution < 1.29 is 4.92 Å². The van der Waals surface area contributed by atoms with E-state index in [0.717, 1.165) is 12.0 Å². The van der Waals surface area contributed by atoms with E-state index in [1.807, 2.05) is 17.8 Å². The van der Waals surface area contributed by atoms with Gasteiger partial charge in [-0.15, -0.1) is 0 Å². The summed E-state index contributed by atoms with van der Waals surface area (Å²) in [5.74, 6) is 1.17. The van der Waals surface area contributed by atoms with Crippen LogP contribution in [0.15, 0.2) is 18.2 Å². The number of benzene rings is 1. The van der Waals surface area contributed by atoms with Crippen molar-refractivity contribution in [2.24, 2.45) is 0 Å². The Balaban J connectivity index is 2.28. The molecule has 1 saturated heterocycles. The number of nitrogen functional groups attached to an aromatic ring is 1. The van der Waals surface area contributed by atoms with E-state index in [1.165, 1.54) is 18.2 Å². The second-order valence-electron chi connectivity index (χ2n) is 3.58. The lowest BCUT2D eigenvalue weighted by Gasteiger charge is -2.09. The molecule has 0 spiro atoms. The minimum absolute atomic E-state index is 0.00162. The maximum atomic E-state index is 10.6.